The molecule has 1 heterocycles. The Hall–Kier alpha value is -0.820. The summed E-state index contributed by atoms with van der Waals surface area (Å²) in [7, 11) is 0. The molecule has 1 nitrogen and oxygen atoms in total. The van der Waals surface area contributed by atoms with E-state index in [0.717, 1.165) is 6.42 Å². The van der Waals surface area contributed by atoms with Crippen LogP contribution in [0.5, 0.6) is 0 Å². The monoisotopic (exact) mass is 203 g/mol. The molecular weight excluding hydrogens is 182 g/mol. The molecule has 0 spiro atoms. The Morgan fingerprint density at radius 1 is 1.27 bits per heavy atom. The summed E-state index contributed by atoms with van der Waals surface area (Å²) in [5, 5.41) is 3.60. The first-order valence-corrected chi connectivity index (χ1v) is 5.96. The minimum atomic E-state index is 0.502. The van der Waals surface area contributed by atoms with Crippen molar-refractivity contribution in [3.8, 4) is 0 Å². The van der Waals surface area contributed by atoms with E-state index in [9.17, 15) is 0 Å². The van der Waals surface area contributed by atoms with E-state index in [4.69, 9.17) is 0 Å². The molecule has 1 N–H and O–H groups in total. The van der Waals surface area contributed by atoms with Gasteiger partial charge in [0.15, 0.2) is 0 Å². The smallest absolute Gasteiger partial charge is 0.0297 e. The van der Waals surface area contributed by atoms with Gasteiger partial charge < -0.3 is 5.32 Å². The summed E-state index contributed by atoms with van der Waals surface area (Å²) in [5.41, 5.74) is 4.48. The summed E-state index contributed by atoms with van der Waals surface area (Å²) in [6.07, 6.45) is 1.16. The van der Waals surface area contributed by atoms with Crippen molar-refractivity contribution in [3.05, 3.63) is 34.9 Å². The number of benzene rings is 1. The average Bonchev–Trinajstić information content (AvgIpc) is 2.16. The largest absolute Gasteiger partial charge is 0.307 e. The molecule has 0 saturated carbocycles. The van der Waals surface area contributed by atoms with E-state index >= 15 is 0 Å². The highest BCUT2D eigenvalue weighted by Crippen LogP contribution is 2.28. The zero-order chi connectivity index (χ0) is 11.0. The summed E-state index contributed by atoms with van der Waals surface area (Å²) in [6, 6.07) is 8.09. The molecule has 2 unspecified atom stereocenters. The van der Waals surface area contributed by atoms with Gasteiger partial charge in [0, 0.05) is 12.1 Å². The van der Waals surface area contributed by atoms with Crippen LogP contribution in [0.25, 0.3) is 0 Å². The minimum absolute atomic E-state index is 0.502. The zero-order valence-corrected chi connectivity index (χ0v) is 10.2. The maximum Gasteiger partial charge on any atom is 0.0297 e. The molecule has 1 aromatic carbocycles. The van der Waals surface area contributed by atoms with Gasteiger partial charge in [0.05, 0.1) is 0 Å². The third-order valence-corrected chi connectivity index (χ3v) is 3.36. The Bertz CT molecular complexity index is 354. The van der Waals surface area contributed by atoms with Gasteiger partial charge in [0.1, 0.15) is 0 Å². The predicted octanol–water partition coefficient (Wildman–Crippen LogP) is 3.41. The van der Waals surface area contributed by atoms with Crippen molar-refractivity contribution in [2.75, 3.05) is 0 Å². The van der Waals surface area contributed by atoms with Crippen molar-refractivity contribution in [1.29, 1.82) is 0 Å². The molecule has 0 radical (unpaired) electrons. The normalized spacial score (nSPS) is 25.4. The van der Waals surface area contributed by atoms with Gasteiger partial charge in [-0.3, -0.25) is 0 Å². The molecule has 0 aromatic heterocycles. The number of hydrogen-bond donors (Lipinski definition) is 1. The molecule has 1 heteroatoms. The molecule has 0 amide bonds. The van der Waals surface area contributed by atoms with Gasteiger partial charge in [-0.1, -0.05) is 32.0 Å². The lowest BCUT2D eigenvalue weighted by atomic mass is 9.88. The van der Waals surface area contributed by atoms with Crippen LogP contribution >= 0.6 is 0 Å². The van der Waals surface area contributed by atoms with Crippen molar-refractivity contribution in [2.45, 2.75) is 52.1 Å². The lowest BCUT2D eigenvalue weighted by Gasteiger charge is -2.30. The number of nitrogens with one attached hydrogen (secondary N) is 1. The summed E-state index contributed by atoms with van der Waals surface area (Å²) < 4.78 is 0. The molecule has 82 valence electrons. The molecule has 2 atom stereocenters. The quantitative estimate of drug-likeness (QED) is 0.737. The summed E-state index contributed by atoms with van der Waals surface area (Å²) in [5.74, 6) is 0.627. The van der Waals surface area contributed by atoms with E-state index in [2.05, 4.69) is 51.2 Å². The highest BCUT2D eigenvalue weighted by Gasteiger charge is 2.20. The van der Waals surface area contributed by atoms with Crippen molar-refractivity contribution in [1.82, 2.24) is 5.32 Å². The van der Waals surface area contributed by atoms with Gasteiger partial charge in [-0.15, -0.1) is 0 Å². The van der Waals surface area contributed by atoms with Crippen molar-refractivity contribution in [2.24, 2.45) is 0 Å². The van der Waals surface area contributed by atoms with Crippen LogP contribution in [0.15, 0.2) is 18.2 Å². The van der Waals surface area contributed by atoms with Crippen LogP contribution < -0.4 is 5.32 Å². The minimum Gasteiger partial charge on any atom is -0.307 e. The van der Waals surface area contributed by atoms with Gasteiger partial charge in [-0.25, -0.2) is 0 Å². The molecule has 0 bridgehead atoms. The van der Waals surface area contributed by atoms with E-state index in [1.807, 2.05) is 0 Å². The number of hydrogen-bond acceptors (Lipinski definition) is 1. The van der Waals surface area contributed by atoms with Crippen molar-refractivity contribution < 1.29 is 0 Å². The van der Waals surface area contributed by atoms with Crippen LogP contribution in [0.3, 0.4) is 0 Å². The second-order valence-corrected chi connectivity index (χ2v) is 5.11. The van der Waals surface area contributed by atoms with Crippen LogP contribution in [0, 0.1) is 0 Å². The maximum absolute atomic E-state index is 3.60. The lowest BCUT2D eigenvalue weighted by Crippen LogP contribution is -2.35. The molecule has 15 heavy (non-hydrogen) atoms. The first kappa shape index (κ1) is 10.7. The molecule has 0 fully saturated rings. The standard InChI is InChI=1S/C14H21N/c1-9(2)12-5-6-13-7-10(3)15-11(4)14(13)8-12/h5-6,8-11,15H,7H2,1-4H3. The molecule has 0 aliphatic carbocycles. The highest BCUT2D eigenvalue weighted by atomic mass is 14.9. The number of fused-ring (bicyclic) bond motifs is 1. The fourth-order valence-corrected chi connectivity index (χ4v) is 2.47. The lowest BCUT2D eigenvalue weighted by molar-refractivity contribution is 0.445. The van der Waals surface area contributed by atoms with Crippen LogP contribution in [0.1, 0.15) is 56.3 Å². The SMILES string of the molecule is CC1Cc2ccc(C(C)C)cc2C(C)N1. The van der Waals surface area contributed by atoms with Gasteiger partial charge in [0.25, 0.3) is 0 Å². The van der Waals surface area contributed by atoms with E-state index in [1.165, 1.54) is 16.7 Å². The van der Waals surface area contributed by atoms with Crippen LogP contribution in [0.2, 0.25) is 0 Å². The average molecular weight is 203 g/mol. The summed E-state index contributed by atoms with van der Waals surface area (Å²) >= 11 is 0. The van der Waals surface area contributed by atoms with Gasteiger partial charge in [0.2, 0.25) is 0 Å². The van der Waals surface area contributed by atoms with Crippen LogP contribution in [-0.4, -0.2) is 6.04 Å². The second kappa shape index (κ2) is 3.97. The fourth-order valence-electron chi connectivity index (χ4n) is 2.47. The maximum atomic E-state index is 3.60. The van der Waals surface area contributed by atoms with Crippen molar-refractivity contribution >= 4 is 0 Å². The molecule has 1 aromatic rings. The van der Waals surface area contributed by atoms with Crippen molar-refractivity contribution in [3.63, 3.8) is 0 Å². The molecule has 2 rings (SSSR count). The third kappa shape index (κ3) is 2.07. The summed E-state index contributed by atoms with van der Waals surface area (Å²) in [4.78, 5) is 0. The Morgan fingerprint density at radius 3 is 2.67 bits per heavy atom. The molecule has 0 saturated heterocycles. The second-order valence-electron chi connectivity index (χ2n) is 5.11. The fraction of sp³-hybridized carbons (Fsp3) is 0.571. The van der Waals surface area contributed by atoms with Gasteiger partial charge in [-0.05, 0) is 42.9 Å². The first-order chi connectivity index (χ1) is 7.08. The van der Waals surface area contributed by atoms with Crippen LogP contribution in [-0.2, 0) is 6.42 Å². The molecule has 1 aliphatic heterocycles. The Morgan fingerprint density at radius 2 is 2.00 bits per heavy atom. The summed E-state index contributed by atoms with van der Waals surface area (Å²) in [6.45, 7) is 9.03. The van der Waals surface area contributed by atoms with E-state index in [0.29, 0.717) is 18.0 Å². The van der Waals surface area contributed by atoms with Gasteiger partial charge >= 0.3 is 0 Å². The zero-order valence-electron chi connectivity index (χ0n) is 10.2. The Labute approximate surface area is 92.9 Å². The van der Waals surface area contributed by atoms with E-state index in [-0.39, 0.29) is 0 Å². The third-order valence-electron chi connectivity index (χ3n) is 3.36. The van der Waals surface area contributed by atoms with E-state index < -0.39 is 0 Å². The topological polar surface area (TPSA) is 12.0 Å². The Kier molecular flexibility index (Phi) is 2.83. The van der Waals surface area contributed by atoms with E-state index in [1.54, 1.807) is 0 Å². The van der Waals surface area contributed by atoms with Crippen LogP contribution in [0.4, 0.5) is 0 Å². The number of rotatable bonds is 1. The molecular formula is C14H21N. The first-order valence-electron chi connectivity index (χ1n) is 5.96. The highest BCUT2D eigenvalue weighted by molar-refractivity contribution is 5.37. The van der Waals surface area contributed by atoms with Gasteiger partial charge in [-0.2, -0.15) is 0 Å². The predicted molar refractivity (Wildman–Crippen MR) is 65.2 cm³/mol. The molecule has 1 aliphatic rings. The Balaban J connectivity index is 2.39.